The summed E-state index contributed by atoms with van der Waals surface area (Å²) in [6.45, 7) is 0.698. The Bertz CT molecular complexity index is 181. The molecule has 0 bridgehead atoms. The van der Waals surface area contributed by atoms with E-state index in [-0.39, 0.29) is 0 Å². The van der Waals surface area contributed by atoms with Gasteiger partial charge in [0.1, 0.15) is 0 Å². The largest absolute Gasteiger partial charge is 0.365 e. The van der Waals surface area contributed by atoms with Crippen molar-refractivity contribution in [2.24, 2.45) is 0 Å². The van der Waals surface area contributed by atoms with Crippen molar-refractivity contribution in [1.82, 2.24) is 10.3 Å². The van der Waals surface area contributed by atoms with Crippen molar-refractivity contribution >= 4 is 6.41 Å². The van der Waals surface area contributed by atoms with Crippen LogP contribution in [0.4, 0.5) is 0 Å². The van der Waals surface area contributed by atoms with E-state index in [1.807, 2.05) is 18.3 Å². The van der Waals surface area contributed by atoms with Crippen molar-refractivity contribution in [3.05, 3.63) is 24.0 Å². The zero-order valence-corrected chi connectivity index (χ0v) is 5.63. The minimum absolute atomic E-state index is 0.698. The van der Waals surface area contributed by atoms with Gasteiger partial charge in [-0.2, -0.15) is 0 Å². The second-order valence-electron chi connectivity index (χ2n) is 2.02. The van der Waals surface area contributed by atoms with Crippen LogP contribution in [0, 0.1) is 0 Å². The van der Waals surface area contributed by atoms with E-state index < -0.39 is 0 Å². The Hall–Kier alpha value is -1.25. The Morgan fingerprint density at radius 1 is 1.70 bits per heavy atom. The molecule has 54 valence electrons. The van der Waals surface area contributed by atoms with Gasteiger partial charge in [0, 0.05) is 24.9 Å². The molecule has 0 spiro atoms. The number of rotatable bonds is 4. The Morgan fingerprint density at radius 3 is 3.20 bits per heavy atom. The smallest absolute Gasteiger partial charge is 0.207 e. The predicted molar refractivity (Wildman–Crippen MR) is 38.6 cm³/mol. The normalized spacial score (nSPS) is 9.20. The molecule has 1 heterocycles. The highest BCUT2D eigenvalue weighted by molar-refractivity contribution is 5.45. The maximum Gasteiger partial charge on any atom is 0.207 e. The minimum atomic E-state index is 0.698. The number of carbonyl (C=O) groups excluding carboxylic acids is 1. The zero-order chi connectivity index (χ0) is 7.23. The average Bonchev–Trinajstić information content (AvgIpc) is 2.41. The molecule has 0 aliphatic heterocycles. The summed E-state index contributed by atoms with van der Waals surface area (Å²) in [6, 6.07) is 3.93. The second kappa shape index (κ2) is 3.71. The third-order valence-corrected chi connectivity index (χ3v) is 1.28. The summed E-state index contributed by atoms with van der Waals surface area (Å²) in [5.41, 5.74) is 1.15. The molecule has 0 aliphatic rings. The van der Waals surface area contributed by atoms with Crippen LogP contribution in [-0.4, -0.2) is 17.9 Å². The zero-order valence-electron chi connectivity index (χ0n) is 5.63. The highest BCUT2D eigenvalue weighted by Crippen LogP contribution is 1.93. The van der Waals surface area contributed by atoms with Crippen molar-refractivity contribution in [2.45, 2.75) is 6.42 Å². The molecule has 0 saturated heterocycles. The fourth-order valence-electron chi connectivity index (χ4n) is 0.789. The molecule has 1 rings (SSSR count). The highest BCUT2D eigenvalue weighted by Gasteiger charge is 1.89. The van der Waals surface area contributed by atoms with Crippen molar-refractivity contribution in [2.75, 3.05) is 6.54 Å². The van der Waals surface area contributed by atoms with Gasteiger partial charge in [0.05, 0.1) is 0 Å². The van der Waals surface area contributed by atoms with E-state index in [0.29, 0.717) is 13.0 Å². The first-order valence-corrected chi connectivity index (χ1v) is 3.23. The molecule has 3 nitrogen and oxygen atoms in total. The third kappa shape index (κ3) is 1.93. The van der Waals surface area contributed by atoms with Crippen LogP contribution in [0.2, 0.25) is 0 Å². The summed E-state index contributed by atoms with van der Waals surface area (Å²) in [6.07, 6.45) is 3.45. The monoisotopic (exact) mass is 138 g/mol. The summed E-state index contributed by atoms with van der Waals surface area (Å²) in [4.78, 5) is 12.9. The third-order valence-electron chi connectivity index (χ3n) is 1.28. The SMILES string of the molecule is O=CNCCc1ccc[nH]1. The van der Waals surface area contributed by atoms with Crippen molar-refractivity contribution < 1.29 is 4.79 Å². The van der Waals surface area contributed by atoms with Gasteiger partial charge in [-0.3, -0.25) is 4.79 Å². The van der Waals surface area contributed by atoms with Gasteiger partial charge < -0.3 is 10.3 Å². The quantitative estimate of drug-likeness (QED) is 0.456. The van der Waals surface area contributed by atoms with Gasteiger partial charge in [-0.25, -0.2) is 0 Å². The van der Waals surface area contributed by atoms with Gasteiger partial charge >= 0.3 is 0 Å². The molecule has 0 fully saturated rings. The fourth-order valence-corrected chi connectivity index (χ4v) is 0.789. The van der Waals surface area contributed by atoms with Crippen LogP contribution >= 0.6 is 0 Å². The lowest BCUT2D eigenvalue weighted by Crippen LogP contribution is -2.14. The van der Waals surface area contributed by atoms with Gasteiger partial charge in [-0.15, -0.1) is 0 Å². The molecule has 0 unspecified atom stereocenters. The molecule has 1 aromatic heterocycles. The van der Waals surface area contributed by atoms with Gasteiger partial charge in [0.25, 0.3) is 0 Å². The molecule has 0 atom stereocenters. The molecule has 10 heavy (non-hydrogen) atoms. The first-order valence-electron chi connectivity index (χ1n) is 3.23. The molecule has 2 N–H and O–H groups in total. The lowest BCUT2D eigenvalue weighted by atomic mass is 10.3. The number of nitrogens with one attached hydrogen (secondary N) is 2. The first-order chi connectivity index (χ1) is 4.93. The minimum Gasteiger partial charge on any atom is -0.365 e. The lowest BCUT2D eigenvalue weighted by Gasteiger charge is -1.94. The number of aromatic amines is 1. The number of carbonyl (C=O) groups is 1. The number of hydrogen-bond acceptors (Lipinski definition) is 1. The second-order valence-corrected chi connectivity index (χ2v) is 2.02. The van der Waals surface area contributed by atoms with Crippen molar-refractivity contribution in [3.8, 4) is 0 Å². The maximum absolute atomic E-state index is 9.81. The molecule has 3 heteroatoms. The molecule has 0 aliphatic carbocycles. The Kier molecular flexibility index (Phi) is 2.55. The highest BCUT2D eigenvalue weighted by atomic mass is 16.1. The predicted octanol–water partition coefficient (Wildman–Crippen LogP) is 0.303. The standard InChI is InChI=1S/C7H10N2O/c10-6-8-5-3-7-2-1-4-9-7/h1-2,4,6,9H,3,5H2,(H,8,10). The van der Waals surface area contributed by atoms with E-state index >= 15 is 0 Å². The Morgan fingerprint density at radius 2 is 2.60 bits per heavy atom. The van der Waals surface area contributed by atoms with Crippen LogP contribution in [0.1, 0.15) is 5.69 Å². The van der Waals surface area contributed by atoms with E-state index in [1.54, 1.807) is 0 Å². The topological polar surface area (TPSA) is 44.9 Å². The fraction of sp³-hybridized carbons (Fsp3) is 0.286. The maximum atomic E-state index is 9.81. The summed E-state index contributed by atoms with van der Waals surface area (Å²) >= 11 is 0. The van der Waals surface area contributed by atoms with E-state index in [0.717, 1.165) is 12.1 Å². The van der Waals surface area contributed by atoms with Crippen molar-refractivity contribution in [3.63, 3.8) is 0 Å². The number of amides is 1. The van der Waals surface area contributed by atoms with Crippen molar-refractivity contribution in [1.29, 1.82) is 0 Å². The van der Waals surface area contributed by atoms with Gasteiger partial charge in [-0.1, -0.05) is 0 Å². The molecular weight excluding hydrogens is 128 g/mol. The van der Waals surface area contributed by atoms with Crippen LogP contribution in [0.3, 0.4) is 0 Å². The summed E-state index contributed by atoms with van der Waals surface area (Å²) in [5, 5.41) is 2.59. The number of aromatic nitrogens is 1. The number of hydrogen-bond donors (Lipinski definition) is 2. The van der Waals surface area contributed by atoms with Gasteiger partial charge in [0.2, 0.25) is 6.41 Å². The van der Waals surface area contributed by atoms with Gasteiger partial charge in [0.15, 0.2) is 0 Å². The van der Waals surface area contributed by atoms with E-state index in [1.165, 1.54) is 0 Å². The van der Waals surface area contributed by atoms with Crippen LogP contribution < -0.4 is 5.32 Å². The molecule has 1 aromatic rings. The molecule has 0 aromatic carbocycles. The summed E-state index contributed by atoms with van der Waals surface area (Å²) in [7, 11) is 0. The molecule has 1 amide bonds. The molecule has 0 radical (unpaired) electrons. The van der Waals surface area contributed by atoms with Crippen LogP contribution in [0.15, 0.2) is 18.3 Å². The van der Waals surface area contributed by atoms with E-state index in [9.17, 15) is 4.79 Å². The Balaban J connectivity index is 2.21. The van der Waals surface area contributed by atoms with Crippen LogP contribution in [0.5, 0.6) is 0 Å². The van der Waals surface area contributed by atoms with Crippen LogP contribution in [-0.2, 0) is 11.2 Å². The molecular formula is C7H10N2O. The Labute approximate surface area is 59.4 Å². The first kappa shape index (κ1) is 6.86. The summed E-state index contributed by atoms with van der Waals surface area (Å²) < 4.78 is 0. The summed E-state index contributed by atoms with van der Waals surface area (Å²) in [5.74, 6) is 0. The molecule has 0 saturated carbocycles. The lowest BCUT2D eigenvalue weighted by molar-refractivity contribution is -0.109. The van der Waals surface area contributed by atoms with E-state index in [2.05, 4.69) is 10.3 Å². The van der Waals surface area contributed by atoms with Crippen LogP contribution in [0.25, 0.3) is 0 Å². The number of H-pyrrole nitrogens is 1. The van der Waals surface area contributed by atoms with E-state index in [4.69, 9.17) is 0 Å². The average molecular weight is 138 g/mol. The van der Waals surface area contributed by atoms with Gasteiger partial charge in [-0.05, 0) is 12.1 Å².